The summed E-state index contributed by atoms with van der Waals surface area (Å²) >= 11 is 0. The lowest BCUT2D eigenvalue weighted by molar-refractivity contribution is -0.136. The lowest BCUT2D eigenvalue weighted by Crippen LogP contribution is -2.47. The number of aliphatic carboxylic acids is 1. The minimum absolute atomic E-state index is 0.0753. The Morgan fingerprint density at radius 2 is 2.06 bits per heavy atom. The highest BCUT2D eigenvalue weighted by molar-refractivity contribution is 5.99. The predicted molar refractivity (Wildman–Crippen MR) is 63.3 cm³/mol. The highest BCUT2D eigenvalue weighted by Gasteiger charge is 2.11. The number of carboxylic acid groups (broad SMARTS) is 1. The molecule has 0 aromatic heterocycles. The van der Waals surface area contributed by atoms with Crippen molar-refractivity contribution >= 4 is 17.9 Å². The average molecular weight is 229 g/mol. The van der Waals surface area contributed by atoms with Crippen LogP contribution < -0.4 is 11.1 Å². The van der Waals surface area contributed by atoms with Gasteiger partial charge < -0.3 is 15.7 Å². The maximum Gasteiger partial charge on any atom is 0.303 e. The molecule has 1 aliphatic rings. The first-order chi connectivity index (χ1) is 7.36. The minimum atomic E-state index is -0.745. The van der Waals surface area contributed by atoms with E-state index < -0.39 is 5.97 Å². The van der Waals surface area contributed by atoms with E-state index in [2.05, 4.69) is 15.3 Å². The van der Waals surface area contributed by atoms with Crippen molar-refractivity contribution in [2.24, 2.45) is 15.7 Å². The highest BCUT2D eigenvalue weighted by Crippen LogP contribution is 1.97. The first kappa shape index (κ1) is 14.2. The van der Waals surface area contributed by atoms with Crippen LogP contribution in [0.15, 0.2) is 9.98 Å². The van der Waals surface area contributed by atoms with Crippen LogP contribution in [0.4, 0.5) is 0 Å². The molecule has 0 aliphatic carbocycles. The summed E-state index contributed by atoms with van der Waals surface area (Å²) < 4.78 is 0. The van der Waals surface area contributed by atoms with E-state index in [4.69, 9.17) is 10.8 Å². The molecule has 16 heavy (non-hydrogen) atoms. The Labute approximate surface area is 95.1 Å². The van der Waals surface area contributed by atoms with Crippen molar-refractivity contribution in [1.82, 2.24) is 10.2 Å². The molecule has 7 nitrogen and oxygen atoms in total. The SMILES string of the molecule is CC1N=C(N)NC(N(C)C)=N1.CCC(=O)O. The number of nitrogens with two attached hydrogens (primary N) is 1. The second kappa shape index (κ2) is 6.65. The molecule has 0 radical (unpaired) electrons. The summed E-state index contributed by atoms with van der Waals surface area (Å²) in [7, 11) is 3.80. The molecular formula is C9H19N5O2. The number of guanidine groups is 2. The van der Waals surface area contributed by atoms with E-state index in [1.165, 1.54) is 0 Å². The van der Waals surface area contributed by atoms with Crippen molar-refractivity contribution in [3.63, 3.8) is 0 Å². The lowest BCUT2D eigenvalue weighted by atomic mass is 10.5. The fourth-order valence-electron chi connectivity index (χ4n) is 0.813. The Morgan fingerprint density at radius 3 is 2.38 bits per heavy atom. The summed E-state index contributed by atoms with van der Waals surface area (Å²) in [5.41, 5.74) is 5.48. The molecule has 1 rings (SSSR count). The van der Waals surface area contributed by atoms with Crippen LogP contribution in [0.25, 0.3) is 0 Å². The Morgan fingerprint density at radius 1 is 1.56 bits per heavy atom. The van der Waals surface area contributed by atoms with Crippen molar-refractivity contribution in [3.8, 4) is 0 Å². The van der Waals surface area contributed by atoms with Crippen LogP contribution in [0.1, 0.15) is 20.3 Å². The molecule has 92 valence electrons. The van der Waals surface area contributed by atoms with Crippen molar-refractivity contribution < 1.29 is 9.90 Å². The van der Waals surface area contributed by atoms with E-state index in [0.717, 1.165) is 5.96 Å². The van der Waals surface area contributed by atoms with E-state index >= 15 is 0 Å². The van der Waals surface area contributed by atoms with Gasteiger partial charge in [0, 0.05) is 20.5 Å². The molecule has 1 aliphatic heterocycles. The van der Waals surface area contributed by atoms with Crippen LogP contribution >= 0.6 is 0 Å². The number of hydrogen-bond acceptors (Lipinski definition) is 6. The number of carboxylic acids is 1. The summed E-state index contributed by atoms with van der Waals surface area (Å²) in [5.74, 6) is 0.436. The highest BCUT2D eigenvalue weighted by atomic mass is 16.4. The lowest BCUT2D eigenvalue weighted by Gasteiger charge is -2.21. The fraction of sp³-hybridized carbons (Fsp3) is 0.667. The van der Waals surface area contributed by atoms with Crippen LogP contribution in [-0.2, 0) is 4.79 Å². The molecule has 0 amide bonds. The molecule has 0 fully saturated rings. The van der Waals surface area contributed by atoms with E-state index in [-0.39, 0.29) is 12.6 Å². The van der Waals surface area contributed by atoms with Crippen LogP contribution in [0.3, 0.4) is 0 Å². The third-order valence-corrected chi connectivity index (χ3v) is 1.60. The number of carbonyl (C=O) groups is 1. The summed E-state index contributed by atoms with van der Waals surface area (Å²) in [6, 6.07) is 0. The summed E-state index contributed by atoms with van der Waals surface area (Å²) in [4.78, 5) is 19.4. The number of rotatable bonds is 1. The zero-order valence-corrected chi connectivity index (χ0v) is 10.1. The van der Waals surface area contributed by atoms with Gasteiger partial charge in [0.05, 0.1) is 0 Å². The first-order valence-corrected chi connectivity index (χ1v) is 4.94. The maximum absolute atomic E-state index is 9.37. The molecule has 0 aromatic carbocycles. The van der Waals surface area contributed by atoms with Gasteiger partial charge in [-0.05, 0) is 6.92 Å². The van der Waals surface area contributed by atoms with Gasteiger partial charge in [-0.15, -0.1) is 0 Å². The topological polar surface area (TPSA) is 103 Å². The predicted octanol–water partition coefficient (Wildman–Crippen LogP) is -0.351. The number of nitrogens with zero attached hydrogens (tertiary/aromatic N) is 3. The van der Waals surface area contributed by atoms with Gasteiger partial charge in [0.1, 0.15) is 6.17 Å². The van der Waals surface area contributed by atoms with Crippen LogP contribution in [0.5, 0.6) is 0 Å². The van der Waals surface area contributed by atoms with Gasteiger partial charge in [0.2, 0.25) is 5.96 Å². The van der Waals surface area contributed by atoms with E-state index in [9.17, 15) is 4.79 Å². The van der Waals surface area contributed by atoms with Crippen molar-refractivity contribution in [2.75, 3.05) is 14.1 Å². The zero-order valence-electron chi connectivity index (χ0n) is 10.1. The summed E-state index contributed by atoms with van der Waals surface area (Å²) in [5, 5.41) is 10.6. The number of aliphatic imine (C=N–C) groups is 2. The maximum atomic E-state index is 9.37. The van der Waals surface area contributed by atoms with Crippen molar-refractivity contribution in [1.29, 1.82) is 0 Å². The molecule has 0 saturated heterocycles. The Balaban J connectivity index is 0.000000385. The number of nitrogens with one attached hydrogen (secondary N) is 1. The molecule has 1 atom stereocenters. The molecule has 0 saturated carbocycles. The fourth-order valence-corrected chi connectivity index (χ4v) is 0.813. The third kappa shape index (κ3) is 5.84. The molecule has 0 aromatic rings. The summed E-state index contributed by atoms with van der Waals surface area (Å²) in [6.07, 6.45) is 0.147. The Bertz CT molecular complexity index is 298. The standard InChI is InChI=1S/C6H13N5.C3H6O2/c1-4-8-5(7)10-6(9-4)11(2)3;1-2-3(4)5/h4H,1-3H3,(H3,7,8,9,10);2H2,1H3,(H,4,5). The second-order valence-electron chi connectivity index (χ2n) is 3.37. The minimum Gasteiger partial charge on any atom is -0.481 e. The second-order valence-corrected chi connectivity index (χ2v) is 3.37. The van der Waals surface area contributed by atoms with Crippen LogP contribution in [0, 0.1) is 0 Å². The van der Waals surface area contributed by atoms with Gasteiger partial charge in [-0.1, -0.05) is 6.92 Å². The molecular weight excluding hydrogens is 210 g/mol. The zero-order chi connectivity index (χ0) is 12.7. The van der Waals surface area contributed by atoms with Gasteiger partial charge in [-0.3, -0.25) is 10.1 Å². The normalized spacial score (nSPS) is 18.4. The largest absolute Gasteiger partial charge is 0.481 e. The molecule has 1 unspecified atom stereocenters. The Kier molecular flexibility index (Phi) is 5.91. The third-order valence-electron chi connectivity index (χ3n) is 1.60. The van der Waals surface area contributed by atoms with Gasteiger partial charge in [-0.25, -0.2) is 9.98 Å². The van der Waals surface area contributed by atoms with E-state index in [1.54, 1.807) is 6.92 Å². The number of hydrogen-bond donors (Lipinski definition) is 3. The average Bonchev–Trinajstić information content (AvgIpc) is 2.17. The van der Waals surface area contributed by atoms with Gasteiger partial charge in [0.15, 0.2) is 5.96 Å². The van der Waals surface area contributed by atoms with Crippen LogP contribution in [-0.4, -0.2) is 48.2 Å². The van der Waals surface area contributed by atoms with Gasteiger partial charge in [-0.2, -0.15) is 0 Å². The quantitative estimate of drug-likeness (QED) is 0.570. The van der Waals surface area contributed by atoms with Crippen LogP contribution in [0.2, 0.25) is 0 Å². The van der Waals surface area contributed by atoms with E-state index in [1.807, 2.05) is 25.9 Å². The smallest absolute Gasteiger partial charge is 0.303 e. The van der Waals surface area contributed by atoms with E-state index in [0.29, 0.717) is 5.96 Å². The molecule has 7 heteroatoms. The first-order valence-electron chi connectivity index (χ1n) is 4.94. The van der Waals surface area contributed by atoms with Gasteiger partial charge >= 0.3 is 5.97 Å². The molecule has 1 heterocycles. The van der Waals surface area contributed by atoms with Crippen molar-refractivity contribution in [3.05, 3.63) is 0 Å². The molecule has 0 bridgehead atoms. The summed E-state index contributed by atoms with van der Waals surface area (Å²) in [6.45, 7) is 3.49. The monoisotopic (exact) mass is 229 g/mol. The Hall–Kier alpha value is -1.79. The van der Waals surface area contributed by atoms with Crippen molar-refractivity contribution in [2.45, 2.75) is 26.4 Å². The molecule has 4 N–H and O–H groups in total. The molecule has 0 spiro atoms. The van der Waals surface area contributed by atoms with Gasteiger partial charge in [0.25, 0.3) is 0 Å².